The van der Waals surface area contributed by atoms with E-state index >= 15 is 0 Å². The van der Waals surface area contributed by atoms with E-state index < -0.39 is 29.8 Å². The molecule has 19 heavy (non-hydrogen) atoms. The van der Waals surface area contributed by atoms with Crippen LogP contribution in [0.2, 0.25) is 0 Å². The molecule has 1 amide bonds. The van der Waals surface area contributed by atoms with Gasteiger partial charge in [-0.15, -0.1) is 0 Å². The first-order valence-electron chi connectivity index (χ1n) is 5.52. The Hall–Kier alpha value is -1.76. The smallest absolute Gasteiger partial charge is 0.431 e. The van der Waals surface area contributed by atoms with E-state index in [0.29, 0.717) is 5.56 Å². The highest BCUT2D eigenvalue weighted by Gasteiger charge is 2.31. The van der Waals surface area contributed by atoms with Gasteiger partial charge in [0.2, 0.25) is 0 Å². The molecular formula is C12H14F3NO3. The SMILES string of the molecule is C[C@@H](c1ccc(C(F)(F)F)cc1)[C@H](C)N(O)C(=O)O. The highest BCUT2D eigenvalue weighted by Crippen LogP contribution is 2.31. The Morgan fingerprint density at radius 2 is 1.68 bits per heavy atom. The summed E-state index contributed by atoms with van der Waals surface area (Å²) in [7, 11) is 0. The lowest BCUT2D eigenvalue weighted by molar-refractivity contribution is -0.137. The molecule has 4 nitrogen and oxygen atoms in total. The van der Waals surface area contributed by atoms with Gasteiger partial charge < -0.3 is 5.11 Å². The third-order valence-corrected chi connectivity index (χ3v) is 3.07. The zero-order valence-corrected chi connectivity index (χ0v) is 10.3. The molecule has 0 aliphatic carbocycles. The number of benzene rings is 1. The Labute approximate surface area is 108 Å². The summed E-state index contributed by atoms with van der Waals surface area (Å²) in [5.41, 5.74) is -0.254. The molecule has 7 heteroatoms. The zero-order chi connectivity index (χ0) is 14.8. The van der Waals surface area contributed by atoms with Gasteiger partial charge in [-0.2, -0.15) is 18.2 Å². The summed E-state index contributed by atoms with van der Waals surface area (Å²) >= 11 is 0. The Balaban J connectivity index is 2.89. The second-order valence-corrected chi connectivity index (χ2v) is 4.28. The first kappa shape index (κ1) is 15.3. The molecule has 0 spiro atoms. The Morgan fingerprint density at radius 1 is 1.21 bits per heavy atom. The number of carboxylic acid groups (broad SMARTS) is 1. The van der Waals surface area contributed by atoms with E-state index in [1.54, 1.807) is 6.92 Å². The fourth-order valence-corrected chi connectivity index (χ4v) is 1.64. The van der Waals surface area contributed by atoms with Gasteiger partial charge in [-0.1, -0.05) is 19.1 Å². The number of alkyl halides is 3. The molecule has 1 aromatic carbocycles. The fraction of sp³-hybridized carbons (Fsp3) is 0.417. The van der Waals surface area contributed by atoms with Crippen LogP contribution in [0.1, 0.15) is 30.9 Å². The van der Waals surface area contributed by atoms with Gasteiger partial charge in [0.05, 0.1) is 11.6 Å². The molecular weight excluding hydrogens is 263 g/mol. The first-order valence-corrected chi connectivity index (χ1v) is 5.52. The molecule has 0 unspecified atom stereocenters. The van der Waals surface area contributed by atoms with Crippen LogP contribution < -0.4 is 0 Å². The average Bonchev–Trinajstić information content (AvgIpc) is 2.35. The van der Waals surface area contributed by atoms with Crippen LogP contribution in [-0.2, 0) is 6.18 Å². The molecule has 0 heterocycles. The van der Waals surface area contributed by atoms with E-state index in [-0.39, 0.29) is 5.06 Å². The van der Waals surface area contributed by atoms with Gasteiger partial charge in [0, 0.05) is 5.92 Å². The van der Waals surface area contributed by atoms with Crippen LogP contribution in [0.5, 0.6) is 0 Å². The Kier molecular flexibility index (Phi) is 4.41. The largest absolute Gasteiger partial charge is 0.463 e. The lowest BCUT2D eigenvalue weighted by Gasteiger charge is -2.26. The maximum Gasteiger partial charge on any atom is 0.431 e. The monoisotopic (exact) mass is 277 g/mol. The fourth-order valence-electron chi connectivity index (χ4n) is 1.64. The molecule has 0 radical (unpaired) electrons. The van der Waals surface area contributed by atoms with Crippen molar-refractivity contribution in [3.8, 4) is 0 Å². The maximum atomic E-state index is 12.4. The molecule has 2 N–H and O–H groups in total. The van der Waals surface area contributed by atoms with Crippen LogP contribution >= 0.6 is 0 Å². The third-order valence-electron chi connectivity index (χ3n) is 3.07. The highest BCUT2D eigenvalue weighted by molar-refractivity contribution is 5.63. The van der Waals surface area contributed by atoms with Gasteiger partial charge in [0.1, 0.15) is 0 Å². The number of nitrogens with zero attached hydrogens (tertiary/aromatic N) is 1. The molecule has 106 valence electrons. The van der Waals surface area contributed by atoms with Crippen molar-refractivity contribution in [1.82, 2.24) is 5.06 Å². The highest BCUT2D eigenvalue weighted by atomic mass is 19.4. The van der Waals surface area contributed by atoms with Gasteiger partial charge in [0.25, 0.3) is 0 Å². The van der Waals surface area contributed by atoms with Crippen molar-refractivity contribution in [1.29, 1.82) is 0 Å². The minimum atomic E-state index is -4.41. The van der Waals surface area contributed by atoms with Crippen molar-refractivity contribution in [3.05, 3.63) is 35.4 Å². The van der Waals surface area contributed by atoms with Crippen LogP contribution in [0.25, 0.3) is 0 Å². The first-order chi connectivity index (χ1) is 8.64. The van der Waals surface area contributed by atoms with Crippen LogP contribution in [0, 0.1) is 0 Å². The third kappa shape index (κ3) is 3.60. The van der Waals surface area contributed by atoms with Crippen molar-refractivity contribution in [2.24, 2.45) is 0 Å². The van der Waals surface area contributed by atoms with E-state index in [2.05, 4.69) is 0 Å². The number of hydrogen-bond acceptors (Lipinski definition) is 2. The number of rotatable bonds is 3. The molecule has 0 fully saturated rings. The van der Waals surface area contributed by atoms with Gasteiger partial charge in [-0.05, 0) is 24.6 Å². The molecule has 0 saturated carbocycles. The molecule has 0 aliphatic rings. The molecule has 0 aromatic heterocycles. The number of amides is 1. The number of halogens is 3. The van der Waals surface area contributed by atoms with Crippen molar-refractivity contribution < 1.29 is 28.3 Å². The van der Waals surface area contributed by atoms with Crippen molar-refractivity contribution in [2.75, 3.05) is 0 Å². The summed E-state index contributed by atoms with van der Waals surface area (Å²) in [5.74, 6) is -0.441. The van der Waals surface area contributed by atoms with E-state index in [0.717, 1.165) is 12.1 Å². The maximum absolute atomic E-state index is 12.4. The van der Waals surface area contributed by atoms with Gasteiger partial charge in [-0.3, -0.25) is 5.21 Å². The molecule has 0 bridgehead atoms. The van der Waals surface area contributed by atoms with Crippen LogP contribution in [0.15, 0.2) is 24.3 Å². The molecule has 0 saturated heterocycles. The second kappa shape index (κ2) is 5.48. The normalized spacial score (nSPS) is 14.8. The van der Waals surface area contributed by atoms with E-state index in [1.807, 2.05) is 0 Å². The minimum Gasteiger partial charge on any atom is -0.463 e. The lowest BCUT2D eigenvalue weighted by Crippen LogP contribution is -2.37. The van der Waals surface area contributed by atoms with Crippen molar-refractivity contribution in [2.45, 2.75) is 32.0 Å². The summed E-state index contributed by atoms with van der Waals surface area (Å²) in [5, 5.41) is 18.0. The molecule has 0 aliphatic heterocycles. The summed E-state index contributed by atoms with van der Waals surface area (Å²) in [6.45, 7) is 3.09. The van der Waals surface area contributed by atoms with Crippen LogP contribution in [0.4, 0.5) is 18.0 Å². The summed E-state index contributed by atoms with van der Waals surface area (Å²) < 4.78 is 37.2. The van der Waals surface area contributed by atoms with Crippen molar-refractivity contribution in [3.63, 3.8) is 0 Å². The molecule has 2 atom stereocenters. The zero-order valence-electron chi connectivity index (χ0n) is 10.3. The topological polar surface area (TPSA) is 60.8 Å². The quantitative estimate of drug-likeness (QED) is 0.656. The Morgan fingerprint density at radius 3 is 2.05 bits per heavy atom. The van der Waals surface area contributed by atoms with Crippen LogP contribution in [0.3, 0.4) is 0 Å². The summed E-state index contributed by atoms with van der Waals surface area (Å²) in [6.07, 6.45) is -5.91. The number of hydrogen-bond donors (Lipinski definition) is 2. The van der Waals surface area contributed by atoms with E-state index in [1.165, 1.54) is 19.1 Å². The second-order valence-electron chi connectivity index (χ2n) is 4.28. The van der Waals surface area contributed by atoms with E-state index in [9.17, 15) is 23.2 Å². The van der Waals surface area contributed by atoms with Gasteiger partial charge in [-0.25, -0.2) is 4.79 Å². The Bertz CT molecular complexity index is 445. The predicted molar refractivity (Wildman–Crippen MR) is 61.0 cm³/mol. The standard InChI is InChI=1S/C12H14F3NO3/c1-7(8(2)16(19)11(17)18)9-3-5-10(6-4-9)12(13,14)15/h3-8,19H,1-2H3,(H,17,18)/t7-,8+/m1/s1. The number of carbonyl (C=O) groups is 1. The molecule has 1 rings (SSSR count). The minimum absolute atomic E-state index is 0.141. The van der Waals surface area contributed by atoms with Crippen molar-refractivity contribution >= 4 is 6.09 Å². The number of hydroxylamine groups is 2. The molecule has 1 aromatic rings. The van der Waals surface area contributed by atoms with E-state index in [4.69, 9.17) is 5.11 Å². The lowest BCUT2D eigenvalue weighted by atomic mass is 9.93. The van der Waals surface area contributed by atoms with Gasteiger partial charge >= 0.3 is 12.3 Å². The summed E-state index contributed by atoms with van der Waals surface area (Å²) in [6, 6.07) is 3.65. The summed E-state index contributed by atoms with van der Waals surface area (Å²) in [4.78, 5) is 10.6. The van der Waals surface area contributed by atoms with Crippen LogP contribution in [-0.4, -0.2) is 27.5 Å². The average molecular weight is 277 g/mol. The van der Waals surface area contributed by atoms with Gasteiger partial charge in [0.15, 0.2) is 0 Å². The predicted octanol–water partition coefficient (Wildman–Crippen LogP) is 3.57.